The van der Waals surface area contributed by atoms with E-state index in [2.05, 4.69) is 32.4 Å². The van der Waals surface area contributed by atoms with Crippen molar-refractivity contribution in [2.75, 3.05) is 12.4 Å². The molecule has 144 valence electrons. The normalized spacial score (nSPS) is 18.0. The predicted octanol–water partition coefficient (Wildman–Crippen LogP) is 4.34. The molecule has 1 N–H and O–H groups in total. The molecule has 0 radical (unpaired) electrons. The Morgan fingerprint density at radius 2 is 2.04 bits per heavy atom. The van der Waals surface area contributed by atoms with Crippen molar-refractivity contribution in [3.63, 3.8) is 0 Å². The van der Waals surface area contributed by atoms with Crippen LogP contribution in [0.4, 0.5) is 5.13 Å². The van der Waals surface area contributed by atoms with Crippen LogP contribution in [0.5, 0.6) is 5.75 Å². The maximum Gasteiger partial charge on any atom is 0.259 e. The Hall–Kier alpha value is -2.58. The first kappa shape index (κ1) is 18.8. The second-order valence-electron chi connectivity index (χ2n) is 6.80. The van der Waals surface area contributed by atoms with Crippen LogP contribution in [0.3, 0.4) is 0 Å². The van der Waals surface area contributed by atoms with Crippen LogP contribution in [0.25, 0.3) is 11.1 Å². The van der Waals surface area contributed by atoms with Gasteiger partial charge in [-0.05, 0) is 31.4 Å². The van der Waals surface area contributed by atoms with Crippen LogP contribution in [0.1, 0.15) is 40.3 Å². The molecule has 0 spiro atoms. The van der Waals surface area contributed by atoms with Gasteiger partial charge >= 0.3 is 0 Å². The number of methoxy groups -OCH3 is 1. The molecule has 0 aliphatic heterocycles. The van der Waals surface area contributed by atoms with Crippen LogP contribution in [0, 0.1) is 12.8 Å². The van der Waals surface area contributed by atoms with E-state index in [1.54, 1.807) is 19.4 Å². The molecular formula is C19H18ClN5O2S. The molecule has 1 aliphatic carbocycles. The summed E-state index contributed by atoms with van der Waals surface area (Å²) in [4.78, 5) is 21.3. The van der Waals surface area contributed by atoms with Crippen LogP contribution < -0.4 is 10.1 Å². The van der Waals surface area contributed by atoms with Gasteiger partial charge in [-0.25, -0.2) is 4.98 Å². The van der Waals surface area contributed by atoms with E-state index in [9.17, 15) is 4.79 Å². The lowest BCUT2D eigenvalue weighted by molar-refractivity contribution is 0.102. The van der Waals surface area contributed by atoms with Crippen LogP contribution in [-0.4, -0.2) is 33.2 Å². The van der Waals surface area contributed by atoms with E-state index in [0.29, 0.717) is 44.6 Å². The van der Waals surface area contributed by atoms with Crippen molar-refractivity contribution in [3.05, 3.63) is 45.9 Å². The molecule has 4 rings (SSSR count). The highest BCUT2D eigenvalue weighted by Crippen LogP contribution is 2.48. The molecular weight excluding hydrogens is 398 g/mol. The highest BCUT2D eigenvalue weighted by atomic mass is 35.5. The summed E-state index contributed by atoms with van der Waals surface area (Å²) in [6.07, 6.45) is 4.19. The number of amides is 1. The minimum absolute atomic E-state index is 0.309. The van der Waals surface area contributed by atoms with Crippen LogP contribution in [0.2, 0.25) is 5.15 Å². The fourth-order valence-electron chi connectivity index (χ4n) is 3.02. The minimum atomic E-state index is -0.316. The molecule has 0 aromatic carbocycles. The molecule has 9 heteroatoms. The number of ether oxygens (including phenoxy) is 1. The molecule has 7 nitrogen and oxygen atoms in total. The number of nitrogens with one attached hydrogen (secondary N) is 1. The molecule has 0 bridgehead atoms. The van der Waals surface area contributed by atoms with Crippen molar-refractivity contribution in [2.24, 2.45) is 5.92 Å². The molecule has 0 unspecified atom stereocenters. The predicted molar refractivity (Wildman–Crippen MR) is 108 cm³/mol. The summed E-state index contributed by atoms with van der Waals surface area (Å²) in [6, 6.07) is 3.49. The van der Waals surface area contributed by atoms with Gasteiger partial charge in [0, 0.05) is 28.9 Å². The average molecular weight is 416 g/mol. The third kappa shape index (κ3) is 3.70. The third-order valence-electron chi connectivity index (χ3n) is 4.72. The standard InChI is InChI=1S/C19H18ClN5O2S/c1-9-4-11(9)18-24-25-19(28-18)23-17(26)14-7-21-10(2)5-12(14)13-6-16(20)22-8-15(13)27-3/h5-9,11H,4H2,1-3H3,(H,23,25,26)/t9-,11+/m0/s1. The van der Waals surface area contributed by atoms with Gasteiger partial charge in [-0.1, -0.05) is 29.9 Å². The van der Waals surface area contributed by atoms with Crippen molar-refractivity contribution >= 4 is 34.0 Å². The van der Waals surface area contributed by atoms with Gasteiger partial charge < -0.3 is 4.74 Å². The average Bonchev–Trinajstić information content (AvgIpc) is 3.22. The Bertz CT molecular complexity index is 1050. The van der Waals surface area contributed by atoms with Crippen molar-refractivity contribution < 1.29 is 9.53 Å². The quantitative estimate of drug-likeness (QED) is 0.623. The minimum Gasteiger partial charge on any atom is -0.494 e. The van der Waals surface area contributed by atoms with Gasteiger partial charge in [0.1, 0.15) is 15.9 Å². The summed E-state index contributed by atoms with van der Waals surface area (Å²) in [5.41, 5.74) is 2.49. The topological polar surface area (TPSA) is 89.9 Å². The number of hydrogen-bond acceptors (Lipinski definition) is 7. The third-order valence-corrected chi connectivity index (χ3v) is 5.89. The van der Waals surface area contributed by atoms with Gasteiger partial charge in [-0.3, -0.25) is 15.1 Å². The smallest absolute Gasteiger partial charge is 0.259 e. The molecule has 3 aromatic rings. The number of carbonyl (C=O) groups excluding carboxylic acids is 1. The van der Waals surface area contributed by atoms with Gasteiger partial charge in [-0.15, -0.1) is 10.2 Å². The summed E-state index contributed by atoms with van der Waals surface area (Å²) < 4.78 is 5.40. The molecule has 2 atom stereocenters. The van der Waals surface area contributed by atoms with Crippen molar-refractivity contribution in [2.45, 2.75) is 26.2 Å². The summed E-state index contributed by atoms with van der Waals surface area (Å²) in [7, 11) is 1.55. The van der Waals surface area contributed by atoms with Gasteiger partial charge in [0.2, 0.25) is 5.13 Å². The lowest BCUT2D eigenvalue weighted by atomic mass is 10.0. The maximum absolute atomic E-state index is 13.0. The number of halogens is 1. The fraction of sp³-hybridized carbons (Fsp3) is 0.316. The number of carbonyl (C=O) groups is 1. The molecule has 1 aliphatic rings. The number of nitrogens with zero attached hydrogens (tertiary/aromatic N) is 4. The number of hydrogen-bond donors (Lipinski definition) is 1. The zero-order valence-corrected chi connectivity index (χ0v) is 17.1. The maximum atomic E-state index is 13.0. The van der Waals surface area contributed by atoms with E-state index in [-0.39, 0.29) is 5.91 Å². The first-order valence-electron chi connectivity index (χ1n) is 8.77. The number of aromatic nitrogens is 4. The van der Waals surface area contributed by atoms with Crippen molar-refractivity contribution in [1.82, 2.24) is 20.2 Å². The lowest BCUT2D eigenvalue weighted by Gasteiger charge is -2.13. The Morgan fingerprint density at radius 3 is 2.75 bits per heavy atom. The number of rotatable bonds is 5. The number of aryl methyl sites for hydroxylation is 1. The van der Waals surface area contributed by atoms with Crippen LogP contribution in [-0.2, 0) is 0 Å². The van der Waals surface area contributed by atoms with E-state index in [1.165, 1.54) is 17.5 Å². The second kappa shape index (κ2) is 7.44. The van der Waals surface area contributed by atoms with E-state index in [0.717, 1.165) is 17.1 Å². The van der Waals surface area contributed by atoms with Gasteiger partial charge in [0.25, 0.3) is 5.91 Å². The summed E-state index contributed by atoms with van der Waals surface area (Å²) in [6.45, 7) is 4.04. The molecule has 1 amide bonds. The van der Waals surface area contributed by atoms with E-state index >= 15 is 0 Å². The summed E-state index contributed by atoms with van der Waals surface area (Å²) in [5, 5.41) is 12.9. The molecule has 1 saturated carbocycles. The van der Waals surface area contributed by atoms with E-state index in [4.69, 9.17) is 16.3 Å². The SMILES string of the molecule is COc1cnc(Cl)cc1-c1cc(C)ncc1C(=O)Nc1nnc([C@@H]2C[C@@H]2C)s1. The fourth-order valence-corrected chi connectivity index (χ4v) is 4.16. The Labute approximate surface area is 171 Å². The molecule has 3 heterocycles. The zero-order valence-electron chi connectivity index (χ0n) is 15.6. The highest BCUT2D eigenvalue weighted by molar-refractivity contribution is 7.15. The molecule has 0 saturated heterocycles. The first-order valence-corrected chi connectivity index (χ1v) is 9.97. The monoisotopic (exact) mass is 415 g/mol. The zero-order chi connectivity index (χ0) is 19.8. The second-order valence-corrected chi connectivity index (χ2v) is 8.19. The lowest BCUT2D eigenvalue weighted by Crippen LogP contribution is -2.14. The molecule has 3 aromatic heterocycles. The molecule has 28 heavy (non-hydrogen) atoms. The van der Waals surface area contributed by atoms with Gasteiger partial charge in [0.15, 0.2) is 0 Å². The van der Waals surface area contributed by atoms with Crippen LogP contribution >= 0.6 is 22.9 Å². The molecule has 1 fully saturated rings. The van der Waals surface area contributed by atoms with Crippen molar-refractivity contribution in [3.8, 4) is 16.9 Å². The van der Waals surface area contributed by atoms with E-state index in [1.807, 2.05) is 13.0 Å². The largest absolute Gasteiger partial charge is 0.494 e. The van der Waals surface area contributed by atoms with Gasteiger partial charge in [0.05, 0.1) is 18.9 Å². The van der Waals surface area contributed by atoms with E-state index < -0.39 is 0 Å². The Kier molecular flexibility index (Phi) is 4.99. The summed E-state index contributed by atoms with van der Waals surface area (Å²) in [5.74, 6) is 1.30. The van der Waals surface area contributed by atoms with Crippen molar-refractivity contribution in [1.29, 1.82) is 0 Å². The number of anilines is 1. The first-order chi connectivity index (χ1) is 13.5. The number of pyridine rings is 2. The Balaban J connectivity index is 1.67. The summed E-state index contributed by atoms with van der Waals surface area (Å²) >= 11 is 7.49. The Morgan fingerprint density at radius 1 is 1.25 bits per heavy atom. The van der Waals surface area contributed by atoms with Crippen LogP contribution in [0.15, 0.2) is 24.5 Å². The highest BCUT2D eigenvalue weighted by Gasteiger charge is 2.37. The van der Waals surface area contributed by atoms with Gasteiger partial charge in [-0.2, -0.15) is 0 Å².